The molecule has 3 heterocycles. The number of aromatic nitrogens is 3. The Morgan fingerprint density at radius 2 is 0.840 bits per heavy atom. The highest BCUT2D eigenvalue weighted by atomic mass is 14.6. The van der Waals surface area contributed by atoms with Gasteiger partial charge in [-0.2, -0.15) is 0 Å². The number of anilines is 1. The largest absolute Gasteiger partial charge is 0.398 e. The summed E-state index contributed by atoms with van der Waals surface area (Å²) in [4.78, 5) is 12.3. The standard InChI is InChI=1S/C21H16N4/c22-21-19(16-3-9-24-10-4-16)13-18(15-1-7-23-8-2-15)14-20(21)17-5-11-25-12-6-17/h1-14H,22H2. The van der Waals surface area contributed by atoms with Crippen molar-refractivity contribution in [3.63, 3.8) is 0 Å². The number of nitrogens with zero attached hydrogens (tertiary/aromatic N) is 3. The van der Waals surface area contributed by atoms with Crippen LogP contribution in [0.4, 0.5) is 5.69 Å². The van der Waals surface area contributed by atoms with Crippen LogP contribution in [0.15, 0.2) is 85.7 Å². The van der Waals surface area contributed by atoms with Crippen molar-refractivity contribution in [1.29, 1.82) is 0 Å². The number of benzene rings is 1. The third-order valence-electron chi connectivity index (χ3n) is 4.18. The lowest BCUT2D eigenvalue weighted by molar-refractivity contribution is 1.32. The van der Waals surface area contributed by atoms with Crippen LogP contribution in [0.5, 0.6) is 0 Å². The molecule has 0 bridgehead atoms. The molecule has 0 fully saturated rings. The van der Waals surface area contributed by atoms with Crippen LogP contribution < -0.4 is 5.73 Å². The summed E-state index contributed by atoms with van der Waals surface area (Å²) in [5.41, 5.74) is 13.5. The van der Waals surface area contributed by atoms with Gasteiger partial charge in [-0.15, -0.1) is 0 Å². The van der Waals surface area contributed by atoms with Gasteiger partial charge in [0.15, 0.2) is 0 Å². The smallest absolute Gasteiger partial charge is 0.0473 e. The van der Waals surface area contributed by atoms with E-state index in [9.17, 15) is 0 Å². The van der Waals surface area contributed by atoms with E-state index in [4.69, 9.17) is 5.73 Å². The predicted molar refractivity (Wildman–Crippen MR) is 101 cm³/mol. The van der Waals surface area contributed by atoms with Crippen molar-refractivity contribution in [2.75, 3.05) is 5.73 Å². The SMILES string of the molecule is Nc1c(-c2ccncc2)cc(-c2ccncc2)cc1-c1ccncc1. The molecule has 0 atom stereocenters. The summed E-state index contributed by atoms with van der Waals surface area (Å²) in [6.07, 6.45) is 10.7. The van der Waals surface area contributed by atoms with E-state index in [0.717, 1.165) is 39.1 Å². The summed E-state index contributed by atoms with van der Waals surface area (Å²) in [7, 11) is 0. The van der Waals surface area contributed by atoms with Gasteiger partial charge in [-0.1, -0.05) is 0 Å². The van der Waals surface area contributed by atoms with Gasteiger partial charge in [-0.05, 0) is 70.8 Å². The first-order chi connectivity index (χ1) is 12.3. The molecule has 2 N–H and O–H groups in total. The van der Waals surface area contributed by atoms with Gasteiger partial charge in [-0.3, -0.25) is 15.0 Å². The van der Waals surface area contributed by atoms with E-state index in [0.29, 0.717) is 0 Å². The molecular formula is C21H16N4. The van der Waals surface area contributed by atoms with Crippen LogP contribution in [0.1, 0.15) is 0 Å². The van der Waals surface area contributed by atoms with Crippen molar-refractivity contribution in [3.8, 4) is 33.4 Å². The van der Waals surface area contributed by atoms with Crippen molar-refractivity contribution in [2.24, 2.45) is 0 Å². The number of pyridine rings is 3. The molecule has 0 amide bonds. The van der Waals surface area contributed by atoms with E-state index in [1.54, 1.807) is 37.2 Å². The van der Waals surface area contributed by atoms with E-state index in [1.807, 2.05) is 36.4 Å². The van der Waals surface area contributed by atoms with Crippen LogP contribution in [0.25, 0.3) is 33.4 Å². The Balaban J connectivity index is 1.98. The van der Waals surface area contributed by atoms with Gasteiger partial charge < -0.3 is 5.73 Å². The van der Waals surface area contributed by atoms with Gasteiger partial charge in [0.25, 0.3) is 0 Å². The van der Waals surface area contributed by atoms with Gasteiger partial charge >= 0.3 is 0 Å². The summed E-state index contributed by atoms with van der Waals surface area (Å²) in [6, 6.07) is 16.1. The Labute approximate surface area is 146 Å². The van der Waals surface area contributed by atoms with E-state index in [-0.39, 0.29) is 0 Å². The second-order valence-corrected chi connectivity index (χ2v) is 5.69. The molecule has 0 saturated heterocycles. The summed E-state index contributed by atoms with van der Waals surface area (Å²) in [5.74, 6) is 0. The monoisotopic (exact) mass is 324 g/mol. The minimum absolute atomic E-state index is 0.746. The molecule has 0 aliphatic rings. The molecule has 0 aliphatic heterocycles. The molecule has 4 nitrogen and oxygen atoms in total. The van der Waals surface area contributed by atoms with Gasteiger partial charge in [0.2, 0.25) is 0 Å². The van der Waals surface area contributed by atoms with Crippen LogP contribution in [0.2, 0.25) is 0 Å². The molecule has 120 valence electrons. The molecule has 0 aliphatic carbocycles. The summed E-state index contributed by atoms with van der Waals surface area (Å²) >= 11 is 0. The van der Waals surface area contributed by atoms with Gasteiger partial charge in [-0.25, -0.2) is 0 Å². The Hall–Kier alpha value is -3.53. The zero-order valence-corrected chi connectivity index (χ0v) is 13.5. The maximum absolute atomic E-state index is 6.54. The molecule has 4 aromatic rings. The first-order valence-electron chi connectivity index (χ1n) is 7.97. The highest BCUT2D eigenvalue weighted by molar-refractivity contribution is 5.93. The first kappa shape index (κ1) is 15.0. The van der Waals surface area contributed by atoms with Crippen molar-refractivity contribution < 1.29 is 0 Å². The molecule has 4 rings (SSSR count). The third-order valence-corrected chi connectivity index (χ3v) is 4.18. The average Bonchev–Trinajstić information content (AvgIpc) is 2.70. The minimum atomic E-state index is 0.746. The molecule has 0 radical (unpaired) electrons. The fourth-order valence-corrected chi connectivity index (χ4v) is 2.90. The van der Waals surface area contributed by atoms with Crippen molar-refractivity contribution >= 4 is 5.69 Å². The maximum atomic E-state index is 6.54. The minimum Gasteiger partial charge on any atom is -0.398 e. The molecule has 0 unspecified atom stereocenters. The van der Waals surface area contributed by atoms with Crippen LogP contribution in [0.3, 0.4) is 0 Å². The molecule has 3 aromatic heterocycles. The van der Waals surface area contributed by atoms with Crippen LogP contribution >= 0.6 is 0 Å². The van der Waals surface area contributed by atoms with Crippen LogP contribution in [0, 0.1) is 0 Å². The van der Waals surface area contributed by atoms with Crippen molar-refractivity contribution in [3.05, 3.63) is 85.7 Å². The van der Waals surface area contributed by atoms with Gasteiger partial charge in [0, 0.05) is 54.0 Å². The molecule has 0 saturated carbocycles. The lowest BCUT2D eigenvalue weighted by Gasteiger charge is -2.15. The highest BCUT2D eigenvalue weighted by Gasteiger charge is 2.12. The molecule has 0 spiro atoms. The fourth-order valence-electron chi connectivity index (χ4n) is 2.90. The topological polar surface area (TPSA) is 64.7 Å². The number of nitrogen functional groups attached to an aromatic ring is 1. The second-order valence-electron chi connectivity index (χ2n) is 5.69. The first-order valence-corrected chi connectivity index (χ1v) is 7.97. The normalized spacial score (nSPS) is 10.6. The van der Waals surface area contributed by atoms with Gasteiger partial charge in [0.05, 0.1) is 0 Å². The summed E-state index contributed by atoms with van der Waals surface area (Å²) in [5, 5.41) is 0. The predicted octanol–water partition coefficient (Wildman–Crippen LogP) is 4.45. The van der Waals surface area contributed by atoms with Crippen molar-refractivity contribution in [1.82, 2.24) is 15.0 Å². The van der Waals surface area contributed by atoms with E-state index in [1.165, 1.54) is 0 Å². The molecule has 4 heteroatoms. The zero-order chi connectivity index (χ0) is 17.1. The Morgan fingerprint density at radius 1 is 0.480 bits per heavy atom. The number of nitrogens with two attached hydrogens (primary N) is 1. The quantitative estimate of drug-likeness (QED) is 0.565. The third kappa shape index (κ3) is 2.97. The lowest BCUT2D eigenvalue weighted by atomic mass is 9.92. The lowest BCUT2D eigenvalue weighted by Crippen LogP contribution is -1.96. The zero-order valence-electron chi connectivity index (χ0n) is 13.5. The maximum Gasteiger partial charge on any atom is 0.0473 e. The second kappa shape index (κ2) is 6.53. The number of hydrogen-bond donors (Lipinski definition) is 1. The van der Waals surface area contributed by atoms with E-state index in [2.05, 4.69) is 27.1 Å². The highest BCUT2D eigenvalue weighted by Crippen LogP contribution is 2.38. The average molecular weight is 324 g/mol. The summed E-state index contributed by atoms with van der Waals surface area (Å²) < 4.78 is 0. The van der Waals surface area contributed by atoms with E-state index >= 15 is 0 Å². The van der Waals surface area contributed by atoms with Crippen molar-refractivity contribution in [2.45, 2.75) is 0 Å². The molecule has 25 heavy (non-hydrogen) atoms. The van der Waals surface area contributed by atoms with Gasteiger partial charge in [0.1, 0.15) is 0 Å². The van der Waals surface area contributed by atoms with Crippen LogP contribution in [-0.4, -0.2) is 15.0 Å². The Morgan fingerprint density at radius 3 is 1.24 bits per heavy atom. The van der Waals surface area contributed by atoms with E-state index < -0.39 is 0 Å². The molecular weight excluding hydrogens is 308 g/mol. The summed E-state index contributed by atoms with van der Waals surface area (Å²) in [6.45, 7) is 0. The molecule has 1 aromatic carbocycles. The fraction of sp³-hybridized carbons (Fsp3) is 0. The Kier molecular flexibility index (Phi) is 3.92. The number of hydrogen-bond acceptors (Lipinski definition) is 4. The van der Waals surface area contributed by atoms with Crippen LogP contribution in [-0.2, 0) is 0 Å². The Bertz CT molecular complexity index is 924. The number of rotatable bonds is 3.